The van der Waals surface area contributed by atoms with E-state index in [4.69, 9.17) is 4.74 Å². The predicted molar refractivity (Wildman–Crippen MR) is 57.2 cm³/mol. The standard InChI is InChI=1S/C9H15BrFNO2/c1-9(2,3)14-8(13)12-6-7(4-10)5-11/h5H,4,6H2,1-3H3,(H,12,13). The van der Waals surface area contributed by atoms with Gasteiger partial charge in [-0.3, -0.25) is 0 Å². The van der Waals surface area contributed by atoms with Crippen molar-refractivity contribution in [3.63, 3.8) is 0 Å². The number of carbonyl (C=O) groups is 1. The van der Waals surface area contributed by atoms with Crippen LogP contribution in [0, 0.1) is 0 Å². The molecule has 0 radical (unpaired) electrons. The van der Waals surface area contributed by atoms with Crippen molar-refractivity contribution in [3.8, 4) is 0 Å². The molecule has 14 heavy (non-hydrogen) atoms. The van der Waals surface area contributed by atoms with Crippen LogP contribution in [0.1, 0.15) is 20.8 Å². The summed E-state index contributed by atoms with van der Waals surface area (Å²) in [5, 5.41) is 2.83. The molecule has 0 saturated carbocycles. The monoisotopic (exact) mass is 267 g/mol. The molecule has 0 rings (SSSR count). The number of hydrogen-bond donors (Lipinski definition) is 1. The molecule has 0 saturated heterocycles. The Balaban J connectivity index is 3.86. The number of halogens is 2. The van der Waals surface area contributed by atoms with Gasteiger partial charge in [-0.25, -0.2) is 9.18 Å². The van der Waals surface area contributed by atoms with E-state index in [9.17, 15) is 9.18 Å². The van der Waals surface area contributed by atoms with Crippen LogP contribution in [-0.4, -0.2) is 23.6 Å². The fraction of sp³-hybridized carbons (Fsp3) is 0.667. The minimum Gasteiger partial charge on any atom is -0.444 e. The number of hydrogen-bond acceptors (Lipinski definition) is 2. The average Bonchev–Trinajstić information content (AvgIpc) is 2.03. The van der Waals surface area contributed by atoms with Gasteiger partial charge in [0.1, 0.15) is 5.60 Å². The maximum Gasteiger partial charge on any atom is 0.407 e. The topological polar surface area (TPSA) is 38.3 Å². The Morgan fingerprint density at radius 3 is 2.50 bits per heavy atom. The first-order valence-corrected chi connectivity index (χ1v) is 5.32. The molecule has 0 aromatic rings. The molecule has 0 aromatic carbocycles. The zero-order valence-corrected chi connectivity index (χ0v) is 10.1. The van der Waals surface area contributed by atoms with Crippen molar-refractivity contribution in [2.45, 2.75) is 26.4 Å². The van der Waals surface area contributed by atoms with Crippen molar-refractivity contribution in [1.29, 1.82) is 0 Å². The molecule has 3 nitrogen and oxygen atoms in total. The molecular weight excluding hydrogens is 253 g/mol. The number of alkyl halides is 1. The first-order chi connectivity index (χ1) is 6.39. The quantitative estimate of drug-likeness (QED) is 0.799. The molecule has 1 N–H and O–H groups in total. The van der Waals surface area contributed by atoms with E-state index in [2.05, 4.69) is 21.2 Å². The molecule has 1 amide bonds. The molecule has 0 aliphatic rings. The molecule has 0 aliphatic heterocycles. The van der Waals surface area contributed by atoms with Gasteiger partial charge in [0.05, 0.1) is 6.33 Å². The molecule has 0 fully saturated rings. The van der Waals surface area contributed by atoms with Gasteiger partial charge < -0.3 is 10.1 Å². The molecule has 0 aliphatic carbocycles. The van der Waals surface area contributed by atoms with Crippen molar-refractivity contribution in [2.24, 2.45) is 0 Å². The van der Waals surface area contributed by atoms with Crippen molar-refractivity contribution in [2.75, 3.05) is 11.9 Å². The van der Waals surface area contributed by atoms with Gasteiger partial charge in [0, 0.05) is 11.9 Å². The van der Waals surface area contributed by atoms with E-state index >= 15 is 0 Å². The minimum atomic E-state index is -0.544. The highest BCUT2D eigenvalue weighted by atomic mass is 79.9. The SMILES string of the molecule is CC(C)(C)OC(=O)NCC(=CF)CBr. The first-order valence-electron chi connectivity index (χ1n) is 4.20. The Morgan fingerprint density at radius 1 is 1.57 bits per heavy atom. The van der Waals surface area contributed by atoms with Gasteiger partial charge in [0.25, 0.3) is 0 Å². The van der Waals surface area contributed by atoms with E-state index in [0.717, 1.165) is 0 Å². The largest absolute Gasteiger partial charge is 0.444 e. The minimum absolute atomic E-state index is 0.149. The lowest BCUT2D eigenvalue weighted by molar-refractivity contribution is 0.0532. The molecule has 0 atom stereocenters. The van der Waals surface area contributed by atoms with Crippen LogP contribution >= 0.6 is 15.9 Å². The lowest BCUT2D eigenvalue weighted by Crippen LogP contribution is -2.33. The fourth-order valence-corrected chi connectivity index (χ4v) is 0.935. The van der Waals surface area contributed by atoms with Crippen LogP contribution in [0.5, 0.6) is 0 Å². The Bertz CT molecular complexity index is 223. The Hall–Kier alpha value is -0.580. The zero-order chi connectivity index (χ0) is 11.2. The number of carbonyl (C=O) groups excluding carboxylic acids is 1. The van der Waals surface area contributed by atoms with Crippen molar-refractivity contribution in [3.05, 3.63) is 11.9 Å². The van der Waals surface area contributed by atoms with Crippen molar-refractivity contribution < 1.29 is 13.9 Å². The van der Waals surface area contributed by atoms with Gasteiger partial charge >= 0.3 is 6.09 Å². The van der Waals surface area contributed by atoms with Crippen molar-refractivity contribution in [1.82, 2.24) is 5.32 Å². The van der Waals surface area contributed by atoms with Gasteiger partial charge in [0.2, 0.25) is 0 Å². The molecule has 0 spiro atoms. The summed E-state index contributed by atoms with van der Waals surface area (Å²) < 4.78 is 17.0. The van der Waals surface area contributed by atoms with Crippen LogP contribution in [0.4, 0.5) is 9.18 Å². The summed E-state index contributed by atoms with van der Waals surface area (Å²) in [7, 11) is 0. The van der Waals surface area contributed by atoms with Crippen LogP contribution in [-0.2, 0) is 4.74 Å². The smallest absolute Gasteiger partial charge is 0.407 e. The predicted octanol–water partition coefficient (Wildman–Crippen LogP) is 2.76. The third kappa shape index (κ3) is 6.88. The summed E-state index contributed by atoms with van der Waals surface area (Å²) in [5.74, 6) is 0. The summed E-state index contributed by atoms with van der Waals surface area (Å²) >= 11 is 3.09. The van der Waals surface area contributed by atoms with E-state index < -0.39 is 11.7 Å². The van der Waals surface area contributed by atoms with Gasteiger partial charge in [-0.15, -0.1) is 0 Å². The third-order valence-electron chi connectivity index (χ3n) is 1.18. The Morgan fingerprint density at radius 2 is 2.14 bits per heavy atom. The molecule has 5 heteroatoms. The molecule has 0 bridgehead atoms. The molecule has 82 valence electrons. The summed E-state index contributed by atoms with van der Waals surface area (Å²) in [4.78, 5) is 11.1. The highest BCUT2D eigenvalue weighted by Gasteiger charge is 2.15. The Labute approximate surface area is 91.8 Å². The summed E-state index contributed by atoms with van der Waals surface area (Å²) in [6.07, 6.45) is -0.0793. The number of alkyl carbamates (subject to hydrolysis) is 1. The number of nitrogens with one attached hydrogen (secondary N) is 1. The van der Waals surface area contributed by atoms with Crippen molar-refractivity contribution >= 4 is 22.0 Å². The van der Waals surface area contributed by atoms with E-state index in [1.807, 2.05) is 0 Å². The second kappa shape index (κ2) is 6.01. The highest BCUT2D eigenvalue weighted by molar-refractivity contribution is 9.09. The zero-order valence-electron chi connectivity index (χ0n) is 8.56. The summed E-state index contributed by atoms with van der Waals surface area (Å²) in [5.41, 5.74) is -0.0752. The highest BCUT2D eigenvalue weighted by Crippen LogP contribution is 2.06. The Kier molecular flexibility index (Phi) is 5.76. The summed E-state index contributed by atoms with van der Waals surface area (Å²) in [6, 6.07) is 0. The average molecular weight is 268 g/mol. The van der Waals surface area contributed by atoms with Gasteiger partial charge in [-0.1, -0.05) is 15.9 Å². The molecule has 0 heterocycles. The van der Waals surface area contributed by atoms with E-state index in [1.165, 1.54) is 0 Å². The van der Waals surface area contributed by atoms with Gasteiger partial charge in [0.15, 0.2) is 0 Å². The fourth-order valence-electron chi connectivity index (χ4n) is 0.615. The molecular formula is C9H15BrFNO2. The molecule has 0 aromatic heterocycles. The first kappa shape index (κ1) is 13.4. The van der Waals surface area contributed by atoms with Gasteiger partial charge in [-0.2, -0.15) is 0 Å². The van der Waals surface area contributed by atoms with Crippen LogP contribution in [0.3, 0.4) is 0 Å². The maximum absolute atomic E-state index is 12.1. The van der Waals surface area contributed by atoms with Gasteiger partial charge in [-0.05, 0) is 26.3 Å². The lowest BCUT2D eigenvalue weighted by Gasteiger charge is -2.19. The summed E-state index contributed by atoms with van der Waals surface area (Å²) in [6.45, 7) is 5.45. The van der Waals surface area contributed by atoms with Crippen LogP contribution in [0.2, 0.25) is 0 Å². The maximum atomic E-state index is 12.1. The number of rotatable bonds is 3. The lowest BCUT2D eigenvalue weighted by atomic mass is 10.2. The normalized spacial score (nSPS) is 12.5. The van der Waals surface area contributed by atoms with Crippen LogP contribution in [0.15, 0.2) is 11.9 Å². The molecule has 0 unspecified atom stereocenters. The van der Waals surface area contributed by atoms with Crippen LogP contribution < -0.4 is 5.32 Å². The van der Waals surface area contributed by atoms with Crippen LogP contribution in [0.25, 0.3) is 0 Å². The second-order valence-corrected chi connectivity index (χ2v) is 4.32. The van der Waals surface area contributed by atoms with E-state index in [1.54, 1.807) is 20.8 Å². The van der Waals surface area contributed by atoms with E-state index in [0.29, 0.717) is 17.2 Å². The number of amides is 1. The third-order valence-corrected chi connectivity index (χ3v) is 1.90. The van der Waals surface area contributed by atoms with E-state index in [-0.39, 0.29) is 6.54 Å². The number of ether oxygens (including phenoxy) is 1. The second-order valence-electron chi connectivity index (χ2n) is 3.76.